The van der Waals surface area contributed by atoms with Crippen LogP contribution in [0.5, 0.6) is 0 Å². The molecule has 0 unspecified atom stereocenters. The van der Waals surface area contributed by atoms with Crippen LogP contribution in [0, 0.1) is 5.92 Å². The van der Waals surface area contributed by atoms with Crippen LogP contribution in [0.2, 0.25) is 0 Å². The van der Waals surface area contributed by atoms with Crippen LogP contribution in [-0.2, 0) is 12.2 Å². The van der Waals surface area contributed by atoms with E-state index in [1.165, 1.54) is 6.42 Å². The summed E-state index contributed by atoms with van der Waals surface area (Å²) in [5.41, 5.74) is 1.10. The summed E-state index contributed by atoms with van der Waals surface area (Å²) in [7, 11) is 4.11. The van der Waals surface area contributed by atoms with E-state index in [0.717, 1.165) is 36.9 Å². The summed E-state index contributed by atoms with van der Waals surface area (Å²) in [6.07, 6.45) is 4.16. The molecule has 0 amide bonds. The fourth-order valence-electron chi connectivity index (χ4n) is 3.23. The van der Waals surface area contributed by atoms with Gasteiger partial charge in [0.2, 0.25) is 0 Å². The lowest BCUT2D eigenvalue weighted by molar-refractivity contribution is -0.0619. The van der Waals surface area contributed by atoms with E-state index < -0.39 is 5.60 Å². The van der Waals surface area contributed by atoms with Gasteiger partial charge in [0.25, 0.3) is 0 Å². The number of aliphatic hydroxyl groups excluding tert-OH is 1. The average molecular weight is 263 g/mol. The molecule has 1 aromatic rings. The molecule has 0 aliphatic heterocycles. The molecule has 1 fully saturated rings. The Kier molecular flexibility index (Phi) is 4.61. The number of rotatable bonds is 4. The topological polar surface area (TPSA) is 43.7 Å². The maximum atomic E-state index is 11.2. The monoisotopic (exact) mass is 263 g/mol. The van der Waals surface area contributed by atoms with E-state index in [2.05, 4.69) is 19.0 Å². The summed E-state index contributed by atoms with van der Waals surface area (Å²) >= 11 is 0. The molecular weight excluding hydrogens is 238 g/mol. The molecule has 0 saturated heterocycles. The van der Waals surface area contributed by atoms with Gasteiger partial charge in [-0.25, -0.2) is 0 Å². The molecule has 0 spiro atoms. The first-order valence-corrected chi connectivity index (χ1v) is 7.13. The molecule has 3 nitrogen and oxygen atoms in total. The van der Waals surface area contributed by atoms with E-state index in [9.17, 15) is 10.2 Å². The van der Waals surface area contributed by atoms with Crippen molar-refractivity contribution in [1.29, 1.82) is 0 Å². The van der Waals surface area contributed by atoms with Gasteiger partial charge < -0.3 is 15.1 Å². The van der Waals surface area contributed by atoms with Crippen LogP contribution in [0.15, 0.2) is 24.3 Å². The van der Waals surface area contributed by atoms with Gasteiger partial charge in [0.1, 0.15) is 0 Å². The summed E-state index contributed by atoms with van der Waals surface area (Å²) < 4.78 is 0. The Labute approximate surface area is 115 Å². The lowest BCUT2D eigenvalue weighted by atomic mass is 9.71. The van der Waals surface area contributed by atoms with Crippen LogP contribution in [0.1, 0.15) is 36.8 Å². The number of hydrogen-bond acceptors (Lipinski definition) is 3. The maximum Gasteiger partial charge on any atom is 0.0936 e. The summed E-state index contributed by atoms with van der Waals surface area (Å²) in [4.78, 5) is 2.15. The molecule has 0 heterocycles. The Balaban J connectivity index is 2.30. The SMILES string of the molecule is CN(C)C[C@H]1CCCC[C@]1(O)c1cccc(CO)c1. The molecule has 2 rings (SSSR count). The van der Waals surface area contributed by atoms with Crippen LogP contribution in [0.25, 0.3) is 0 Å². The smallest absolute Gasteiger partial charge is 0.0936 e. The Hall–Kier alpha value is -0.900. The van der Waals surface area contributed by atoms with Crippen molar-refractivity contribution in [3.63, 3.8) is 0 Å². The van der Waals surface area contributed by atoms with Crippen molar-refractivity contribution in [3.8, 4) is 0 Å². The van der Waals surface area contributed by atoms with E-state index >= 15 is 0 Å². The molecule has 2 atom stereocenters. The maximum absolute atomic E-state index is 11.2. The van der Waals surface area contributed by atoms with E-state index in [1.807, 2.05) is 24.3 Å². The molecule has 1 aliphatic carbocycles. The summed E-state index contributed by atoms with van der Waals surface area (Å²) in [6.45, 7) is 0.933. The molecule has 106 valence electrons. The number of hydrogen-bond donors (Lipinski definition) is 2. The molecule has 1 saturated carbocycles. The van der Waals surface area contributed by atoms with Gasteiger partial charge in [-0.05, 0) is 38.1 Å². The zero-order chi connectivity index (χ0) is 13.9. The minimum atomic E-state index is -0.742. The Morgan fingerprint density at radius 3 is 2.79 bits per heavy atom. The van der Waals surface area contributed by atoms with Crippen molar-refractivity contribution in [2.45, 2.75) is 37.9 Å². The first-order chi connectivity index (χ1) is 9.06. The summed E-state index contributed by atoms with van der Waals surface area (Å²) in [6, 6.07) is 7.78. The van der Waals surface area contributed by atoms with Crippen LogP contribution < -0.4 is 0 Å². The fourth-order valence-corrected chi connectivity index (χ4v) is 3.23. The second-order valence-corrected chi connectivity index (χ2v) is 5.99. The average Bonchev–Trinajstić information content (AvgIpc) is 2.41. The normalized spacial score (nSPS) is 27.7. The highest BCUT2D eigenvalue weighted by atomic mass is 16.3. The number of aliphatic hydroxyl groups is 2. The third-order valence-electron chi connectivity index (χ3n) is 4.23. The highest BCUT2D eigenvalue weighted by molar-refractivity contribution is 5.29. The van der Waals surface area contributed by atoms with Crippen molar-refractivity contribution in [2.75, 3.05) is 20.6 Å². The molecular formula is C16H25NO2. The van der Waals surface area contributed by atoms with Crippen LogP contribution >= 0.6 is 0 Å². The minimum absolute atomic E-state index is 0.0300. The van der Waals surface area contributed by atoms with E-state index in [-0.39, 0.29) is 12.5 Å². The van der Waals surface area contributed by atoms with Gasteiger partial charge in [-0.15, -0.1) is 0 Å². The highest BCUT2D eigenvalue weighted by Gasteiger charge is 2.40. The van der Waals surface area contributed by atoms with Gasteiger partial charge in [0.15, 0.2) is 0 Å². The molecule has 3 heteroatoms. The summed E-state index contributed by atoms with van der Waals surface area (Å²) in [5.74, 6) is 0.269. The molecule has 0 aromatic heterocycles. The molecule has 19 heavy (non-hydrogen) atoms. The summed E-state index contributed by atoms with van der Waals surface area (Å²) in [5, 5.41) is 20.4. The third kappa shape index (κ3) is 3.16. The number of benzene rings is 1. The highest BCUT2D eigenvalue weighted by Crippen LogP contribution is 2.42. The molecule has 2 N–H and O–H groups in total. The van der Waals surface area contributed by atoms with E-state index in [0.29, 0.717) is 0 Å². The Morgan fingerprint density at radius 1 is 1.32 bits per heavy atom. The van der Waals surface area contributed by atoms with Crippen LogP contribution in [-0.4, -0.2) is 35.8 Å². The lowest BCUT2D eigenvalue weighted by Gasteiger charge is -2.42. The van der Waals surface area contributed by atoms with Gasteiger partial charge in [-0.3, -0.25) is 0 Å². The first-order valence-electron chi connectivity index (χ1n) is 7.13. The van der Waals surface area contributed by atoms with Crippen molar-refractivity contribution in [1.82, 2.24) is 4.90 Å². The van der Waals surface area contributed by atoms with Crippen LogP contribution in [0.3, 0.4) is 0 Å². The van der Waals surface area contributed by atoms with Crippen molar-refractivity contribution in [3.05, 3.63) is 35.4 Å². The molecule has 0 bridgehead atoms. The Morgan fingerprint density at radius 2 is 2.11 bits per heavy atom. The zero-order valence-electron chi connectivity index (χ0n) is 12.0. The quantitative estimate of drug-likeness (QED) is 0.874. The predicted molar refractivity (Wildman–Crippen MR) is 76.8 cm³/mol. The van der Waals surface area contributed by atoms with Crippen molar-refractivity contribution < 1.29 is 10.2 Å². The molecule has 1 aliphatic rings. The van der Waals surface area contributed by atoms with Crippen molar-refractivity contribution in [2.24, 2.45) is 5.92 Å². The first kappa shape index (κ1) is 14.5. The van der Waals surface area contributed by atoms with Gasteiger partial charge in [0.05, 0.1) is 12.2 Å². The molecule has 0 radical (unpaired) electrons. The van der Waals surface area contributed by atoms with Gasteiger partial charge in [-0.1, -0.05) is 37.1 Å². The fraction of sp³-hybridized carbons (Fsp3) is 0.625. The number of nitrogens with zero attached hydrogens (tertiary/aromatic N) is 1. The third-order valence-corrected chi connectivity index (χ3v) is 4.23. The molecule has 1 aromatic carbocycles. The van der Waals surface area contributed by atoms with E-state index in [1.54, 1.807) is 0 Å². The predicted octanol–water partition coefficient (Wildman–Crippen LogP) is 2.12. The second kappa shape index (κ2) is 6.04. The standard InChI is InChI=1S/C16H25NO2/c1-17(2)11-15-7-3-4-9-16(15,19)14-8-5-6-13(10-14)12-18/h5-6,8,10,15,18-19H,3-4,7,9,11-12H2,1-2H3/t15-,16+/m1/s1. The van der Waals surface area contributed by atoms with Crippen molar-refractivity contribution >= 4 is 0 Å². The van der Waals surface area contributed by atoms with Crippen LogP contribution in [0.4, 0.5) is 0 Å². The lowest BCUT2D eigenvalue weighted by Crippen LogP contribution is -2.43. The Bertz CT molecular complexity index is 419. The van der Waals surface area contributed by atoms with Gasteiger partial charge in [-0.2, -0.15) is 0 Å². The second-order valence-electron chi connectivity index (χ2n) is 5.99. The van der Waals surface area contributed by atoms with Gasteiger partial charge in [0, 0.05) is 12.5 Å². The van der Waals surface area contributed by atoms with Gasteiger partial charge >= 0.3 is 0 Å². The van der Waals surface area contributed by atoms with E-state index in [4.69, 9.17) is 0 Å². The zero-order valence-corrected chi connectivity index (χ0v) is 12.0. The largest absolute Gasteiger partial charge is 0.392 e. The minimum Gasteiger partial charge on any atom is -0.392 e.